The number of hydrogen-bond donors (Lipinski definition) is 11. The molecule has 8 atom stereocenters. The van der Waals surface area contributed by atoms with Gasteiger partial charge in [0, 0.05) is 9.49 Å². The summed E-state index contributed by atoms with van der Waals surface area (Å²) in [6, 6.07) is 2.02. The molecule has 0 radical (unpaired) electrons. The fraction of sp³-hybridized carbons (Fsp3) is 0.438. The third kappa shape index (κ3) is 9.03. The van der Waals surface area contributed by atoms with Crippen LogP contribution in [-0.2, 0) is 28.8 Å². The highest BCUT2D eigenvalue weighted by atomic mass is 32.2. The molecule has 0 aliphatic carbocycles. The first-order chi connectivity index (χ1) is 23.7. The van der Waals surface area contributed by atoms with Gasteiger partial charge in [-0.3, -0.25) is 34.6 Å². The van der Waals surface area contributed by atoms with Crippen molar-refractivity contribution in [1.29, 1.82) is 0 Å². The number of aromatic hydroxyl groups is 2. The maximum atomic E-state index is 14.2. The Hall–Kier alpha value is -4.56. The van der Waals surface area contributed by atoms with Crippen molar-refractivity contribution in [3.8, 4) is 11.5 Å². The predicted octanol–water partition coefficient (Wildman–Crippen LogP) is -0.202. The van der Waals surface area contributed by atoms with Crippen molar-refractivity contribution in [3.05, 3.63) is 59.7 Å². The minimum Gasteiger partial charge on any atom is -0.508 e. The number of phenolic OH excluding ortho intramolecular Hbond substituents is 2. The molecule has 12 N–H and O–H groups in total. The summed E-state index contributed by atoms with van der Waals surface area (Å²) in [5.41, 5.74) is 6.56. The van der Waals surface area contributed by atoms with Crippen molar-refractivity contribution in [2.24, 2.45) is 5.73 Å². The summed E-state index contributed by atoms with van der Waals surface area (Å²) < 4.78 is -1.94. The smallest absolute Gasteiger partial charge is 0.328 e. The van der Waals surface area contributed by atoms with E-state index in [-0.39, 0.29) is 22.6 Å². The highest BCUT2D eigenvalue weighted by Crippen LogP contribution is 2.40. The van der Waals surface area contributed by atoms with Gasteiger partial charge in [0.25, 0.3) is 0 Å². The number of aliphatic carboxylic acids is 3. The van der Waals surface area contributed by atoms with Gasteiger partial charge in [0.2, 0.25) is 17.7 Å². The largest absolute Gasteiger partial charge is 0.508 e. The quantitative estimate of drug-likeness (QED) is 0.126. The SMILES string of the molecule is CC1(C)S[C@H]([C@H](NC(=O)[C@H](NC(=O)[C@H](NC(=O)[C@H](N)c2ccc(O)cc2)[C@@H]2N[C@@H](C(=O)O)C(C)(C)S2)c2ccc(O)cc2)C(=O)O)N[C@H]1C(=O)O. The van der Waals surface area contributed by atoms with Gasteiger partial charge in [-0.05, 0) is 63.1 Å². The normalized spacial score (nSPS) is 24.3. The Morgan fingerprint density at radius 3 is 1.47 bits per heavy atom. The predicted molar refractivity (Wildman–Crippen MR) is 186 cm³/mol. The zero-order valence-electron chi connectivity index (χ0n) is 27.8. The highest BCUT2D eigenvalue weighted by Gasteiger charge is 2.51. The Balaban J connectivity index is 1.66. The van der Waals surface area contributed by atoms with Crippen LogP contribution in [0.3, 0.4) is 0 Å². The summed E-state index contributed by atoms with van der Waals surface area (Å²) >= 11 is 2.05. The van der Waals surface area contributed by atoms with Crippen LogP contribution < -0.4 is 32.3 Å². The van der Waals surface area contributed by atoms with Crippen molar-refractivity contribution >= 4 is 59.2 Å². The van der Waals surface area contributed by atoms with E-state index in [0.29, 0.717) is 0 Å². The number of nitrogens with one attached hydrogen (secondary N) is 5. The number of carbonyl (C=O) groups excluding carboxylic acids is 3. The van der Waals surface area contributed by atoms with Crippen molar-refractivity contribution in [2.45, 2.75) is 84.2 Å². The number of nitrogens with two attached hydrogens (primary N) is 1. The molecule has 2 saturated heterocycles. The zero-order chi connectivity index (χ0) is 38.0. The molecule has 51 heavy (non-hydrogen) atoms. The Morgan fingerprint density at radius 1 is 0.647 bits per heavy atom. The number of benzene rings is 2. The molecule has 2 aliphatic heterocycles. The number of carboxylic acid groups (broad SMARTS) is 3. The molecular formula is C32H40N6O11S2. The molecule has 0 unspecified atom stereocenters. The number of thioether (sulfide) groups is 2. The van der Waals surface area contributed by atoms with E-state index in [0.717, 1.165) is 23.5 Å². The van der Waals surface area contributed by atoms with E-state index in [1.807, 2.05) is 0 Å². The maximum Gasteiger partial charge on any atom is 0.328 e. The number of hydrogen-bond acceptors (Lipinski definition) is 13. The molecule has 2 aromatic rings. The molecule has 19 heteroatoms. The lowest BCUT2D eigenvalue weighted by molar-refractivity contribution is -0.143. The fourth-order valence-corrected chi connectivity index (χ4v) is 8.69. The number of carboxylic acids is 3. The standard InChI is InChI=1S/C32H40N6O11S2/c1-31(2)21(29(46)47)37-26(50-31)19(35-23(41)17(33)13-5-9-15(39)10-6-13)25(43)34-18(14-7-11-16(40)12-8-14)24(42)36-20(28(44)45)27-38-22(30(48)49)32(3,4)51-27/h5-12,17-22,26-27,37-40H,33H2,1-4H3,(H,34,43)(H,35,41)(H,36,42)(H,44,45)(H,46,47)(H,48,49)/t17-,18-,19+,20+,21+,22+,26-,27-/m1/s1. The summed E-state index contributed by atoms with van der Waals surface area (Å²) in [6.07, 6.45) is 0. The van der Waals surface area contributed by atoms with Crippen molar-refractivity contribution < 1.29 is 54.3 Å². The average Bonchev–Trinajstić information content (AvgIpc) is 3.55. The van der Waals surface area contributed by atoms with Gasteiger partial charge in [-0.25, -0.2) is 4.79 Å². The van der Waals surface area contributed by atoms with Crippen LogP contribution in [0.2, 0.25) is 0 Å². The Kier molecular flexibility index (Phi) is 11.8. The van der Waals surface area contributed by atoms with Crippen LogP contribution in [0, 0.1) is 0 Å². The van der Waals surface area contributed by atoms with Crippen LogP contribution in [0.15, 0.2) is 48.5 Å². The fourth-order valence-electron chi connectivity index (χ4n) is 5.71. The molecule has 17 nitrogen and oxygen atoms in total. The van der Waals surface area contributed by atoms with E-state index < -0.39 is 92.1 Å². The Morgan fingerprint density at radius 2 is 1.06 bits per heavy atom. The number of rotatable bonds is 13. The van der Waals surface area contributed by atoms with Gasteiger partial charge in [0.15, 0.2) is 6.04 Å². The molecule has 2 fully saturated rings. The van der Waals surface area contributed by atoms with Gasteiger partial charge in [0.1, 0.15) is 41.7 Å². The monoisotopic (exact) mass is 748 g/mol. The van der Waals surface area contributed by atoms with Gasteiger partial charge < -0.3 is 47.2 Å². The van der Waals surface area contributed by atoms with Gasteiger partial charge in [0.05, 0.1) is 10.7 Å². The van der Waals surface area contributed by atoms with E-state index in [4.69, 9.17) is 5.73 Å². The van der Waals surface area contributed by atoms with Crippen molar-refractivity contribution in [1.82, 2.24) is 26.6 Å². The second-order valence-corrected chi connectivity index (χ2v) is 16.7. The van der Waals surface area contributed by atoms with Crippen molar-refractivity contribution in [3.63, 3.8) is 0 Å². The molecule has 0 spiro atoms. The van der Waals surface area contributed by atoms with E-state index in [1.165, 1.54) is 48.5 Å². The number of phenols is 2. The van der Waals surface area contributed by atoms with Crippen LogP contribution in [-0.4, -0.2) is 106 Å². The Bertz CT molecular complexity index is 1670. The molecule has 2 aromatic carbocycles. The summed E-state index contributed by atoms with van der Waals surface area (Å²) in [4.78, 5) is 77.8. The zero-order valence-corrected chi connectivity index (χ0v) is 29.5. The molecule has 3 amide bonds. The molecule has 0 aromatic heterocycles. The first-order valence-corrected chi connectivity index (χ1v) is 17.3. The summed E-state index contributed by atoms with van der Waals surface area (Å²) in [5, 5.41) is 60.0. The number of carbonyl (C=O) groups is 6. The molecular weight excluding hydrogens is 709 g/mol. The summed E-state index contributed by atoms with van der Waals surface area (Å²) in [5.74, 6) is -7.03. The van der Waals surface area contributed by atoms with Gasteiger partial charge in [-0.15, -0.1) is 23.5 Å². The molecule has 276 valence electrons. The van der Waals surface area contributed by atoms with Crippen LogP contribution in [0.25, 0.3) is 0 Å². The maximum absolute atomic E-state index is 14.2. The first kappa shape index (κ1) is 39.2. The lowest BCUT2D eigenvalue weighted by Crippen LogP contribution is -2.60. The second-order valence-electron chi connectivity index (χ2n) is 13.1. The molecule has 4 rings (SSSR count). The highest BCUT2D eigenvalue weighted by molar-refractivity contribution is 8.01. The first-order valence-electron chi connectivity index (χ1n) is 15.5. The van der Waals surface area contributed by atoms with E-state index >= 15 is 0 Å². The molecule has 2 heterocycles. The lowest BCUT2D eigenvalue weighted by Gasteiger charge is -2.29. The van der Waals surface area contributed by atoms with Gasteiger partial charge in [-0.1, -0.05) is 24.3 Å². The van der Waals surface area contributed by atoms with E-state index in [1.54, 1.807) is 27.7 Å². The van der Waals surface area contributed by atoms with E-state index in [2.05, 4.69) is 26.6 Å². The lowest BCUT2D eigenvalue weighted by atomic mass is 10.0. The van der Waals surface area contributed by atoms with Gasteiger partial charge >= 0.3 is 17.9 Å². The van der Waals surface area contributed by atoms with Crippen molar-refractivity contribution in [2.75, 3.05) is 0 Å². The van der Waals surface area contributed by atoms with Crippen LogP contribution in [0.5, 0.6) is 11.5 Å². The van der Waals surface area contributed by atoms with Crippen LogP contribution >= 0.6 is 23.5 Å². The molecule has 0 bridgehead atoms. The molecule has 0 saturated carbocycles. The Labute approximate surface area is 300 Å². The van der Waals surface area contributed by atoms with Gasteiger partial charge in [-0.2, -0.15) is 0 Å². The third-order valence-corrected chi connectivity index (χ3v) is 11.5. The van der Waals surface area contributed by atoms with E-state index in [9.17, 15) is 54.3 Å². The second kappa shape index (κ2) is 15.4. The topological polar surface area (TPSA) is 290 Å². The molecule has 2 aliphatic rings. The summed E-state index contributed by atoms with van der Waals surface area (Å²) in [7, 11) is 0. The number of amides is 3. The third-order valence-electron chi connectivity index (χ3n) is 8.47. The minimum absolute atomic E-state index is 0.0754. The van der Waals surface area contributed by atoms with Crippen LogP contribution in [0.1, 0.15) is 50.9 Å². The minimum atomic E-state index is -1.68. The summed E-state index contributed by atoms with van der Waals surface area (Å²) in [6.45, 7) is 6.48. The van der Waals surface area contributed by atoms with Crippen LogP contribution in [0.4, 0.5) is 0 Å². The average molecular weight is 749 g/mol.